The second-order valence-electron chi connectivity index (χ2n) is 13.8. The lowest BCUT2D eigenvalue weighted by Gasteiger charge is -2.34. The molecule has 4 rings (SSSR count). The van der Waals surface area contributed by atoms with Crippen LogP contribution in [0.2, 0.25) is 0 Å². The van der Waals surface area contributed by atoms with E-state index in [4.69, 9.17) is 14.2 Å². The van der Waals surface area contributed by atoms with E-state index in [0.717, 1.165) is 22.3 Å². The second kappa shape index (κ2) is 17.6. The third-order valence-electron chi connectivity index (χ3n) is 8.24. The Morgan fingerprint density at radius 3 is 2.18 bits per heavy atom. The van der Waals surface area contributed by atoms with Crippen LogP contribution in [-0.2, 0) is 28.6 Å². The first-order chi connectivity index (χ1) is 23.3. The number of esters is 1. The van der Waals surface area contributed by atoms with Crippen molar-refractivity contribution in [1.29, 1.82) is 0 Å². The topological polar surface area (TPSA) is 152 Å². The molecule has 13 heteroatoms. The summed E-state index contributed by atoms with van der Waals surface area (Å²) in [4.78, 5) is 51.9. The highest BCUT2D eigenvalue weighted by atomic mass is 33.1. The Morgan fingerprint density at radius 2 is 1.59 bits per heavy atom. The van der Waals surface area contributed by atoms with Gasteiger partial charge in [0.25, 0.3) is 5.91 Å². The van der Waals surface area contributed by atoms with Gasteiger partial charge in [0.2, 0.25) is 5.91 Å². The normalized spacial score (nSPS) is 20.0. The summed E-state index contributed by atoms with van der Waals surface area (Å²) in [6.07, 6.45) is -2.52. The van der Waals surface area contributed by atoms with Crippen LogP contribution in [0.1, 0.15) is 70.9 Å². The van der Waals surface area contributed by atoms with Gasteiger partial charge in [-0.15, -0.1) is 0 Å². The van der Waals surface area contributed by atoms with Crippen molar-refractivity contribution in [2.24, 2.45) is 5.92 Å². The summed E-state index contributed by atoms with van der Waals surface area (Å²) >= 11 is 0. The minimum absolute atomic E-state index is 0.0572. The molecule has 11 nitrogen and oxygen atoms in total. The molecule has 268 valence electrons. The molecule has 0 bridgehead atoms. The zero-order valence-corrected chi connectivity index (χ0v) is 30.7. The molecule has 2 aromatic rings. The Bertz CT molecular complexity index is 1420. The molecule has 2 aromatic carbocycles. The number of amides is 3. The molecular weight excluding hydrogens is 667 g/mol. The van der Waals surface area contributed by atoms with E-state index in [1.165, 1.54) is 17.9 Å². The average molecular weight is 716 g/mol. The SMILES string of the molecule is COC(=O)[C@@H](CC(C)C)NC(=O)[C@H]1O[C@@H](CNC(=O)[C@H](CSSC(C)(C)C)NC(=O)OCC2c3ccccc3-c3ccccc32)CC[C@@H]1O. The zero-order chi connectivity index (χ0) is 35.7. The molecule has 0 unspecified atom stereocenters. The standard InChI is InChI=1S/C36H49N3O8S2/c1-21(2)17-28(34(43)45-6)38-33(42)31-30(40)16-15-22(47-31)18-37-32(41)29(20-48-49-36(3,4)5)39-35(44)46-19-27-25-13-9-7-11-23(25)24-12-8-10-14-26(24)27/h7-14,21-22,27-31,40H,15-20H2,1-6H3,(H,37,41)(H,38,42)(H,39,44)/t22-,28-,29+,30+,31+/m1/s1. The van der Waals surface area contributed by atoms with E-state index in [1.807, 2.05) is 50.2 Å². The third-order valence-corrected chi connectivity index (χ3v) is 11.6. The maximum absolute atomic E-state index is 13.5. The number of carbonyl (C=O) groups excluding carboxylic acids is 4. The van der Waals surface area contributed by atoms with Crippen LogP contribution in [0.25, 0.3) is 11.1 Å². The fraction of sp³-hybridized carbons (Fsp3) is 0.556. The molecule has 3 amide bonds. The van der Waals surface area contributed by atoms with Gasteiger partial charge in [-0.3, -0.25) is 9.59 Å². The summed E-state index contributed by atoms with van der Waals surface area (Å²) in [6.45, 7) is 10.2. The van der Waals surface area contributed by atoms with E-state index in [0.29, 0.717) is 12.8 Å². The molecule has 1 heterocycles. The maximum atomic E-state index is 13.5. The Balaban J connectivity index is 1.35. The largest absolute Gasteiger partial charge is 0.467 e. The van der Waals surface area contributed by atoms with Crippen LogP contribution in [0, 0.1) is 5.92 Å². The molecule has 0 saturated carbocycles. The minimum Gasteiger partial charge on any atom is -0.467 e. The van der Waals surface area contributed by atoms with Crippen LogP contribution in [0.4, 0.5) is 4.79 Å². The van der Waals surface area contributed by atoms with Gasteiger partial charge in [0.15, 0.2) is 6.10 Å². The summed E-state index contributed by atoms with van der Waals surface area (Å²) in [5.41, 5.74) is 4.42. The van der Waals surface area contributed by atoms with E-state index in [9.17, 15) is 24.3 Å². The highest BCUT2D eigenvalue weighted by Crippen LogP contribution is 2.44. The van der Waals surface area contributed by atoms with Crippen molar-refractivity contribution >= 4 is 45.5 Å². The van der Waals surface area contributed by atoms with Crippen LogP contribution in [-0.4, -0.2) is 90.1 Å². The predicted octanol–water partition coefficient (Wildman–Crippen LogP) is 4.80. The van der Waals surface area contributed by atoms with Crippen LogP contribution in [0.3, 0.4) is 0 Å². The van der Waals surface area contributed by atoms with Gasteiger partial charge in [-0.25, -0.2) is 9.59 Å². The van der Waals surface area contributed by atoms with E-state index >= 15 is 0 Å². The average Bonchev–Trinajstić information content (AvgIpc) is 3.38. The molecule has 0 spiro atoms. The fourth-order valence-corrected chi connectivity index (χ4v) is 8.39. The Kier molecular flexibility index (Phi) is 13.8. The number of nitrogens with one attached hydrogen (secondary N) is 3. The van der Waals surface area contributed by atoms with E-state index in [-0.39, 0.29) is 41.9 Å². The molecule has 1 fully saturated rings. The second-order valence-corrected chi connectivity index (χ2v) is 17.0. The van der Waals surface area contributed by atoms with Gasteiger partial charge in [0.05, 0.1) is 19.3 Å². The van der Waals surface area contributed by atoms with E-state index < -0.39 is 54.3 Å². The van der Waals surface area contributed by atoms with Crippen molar-refractivity contribution in [3.05, 3.63) is 59.7 Å². The zero-order valence-electron chi connectivity index (χ0n) is 29.0. The smallest absolute Gasteiger partial charge is 0.407 e. The first-order valence-electron chi connectivity index (χ1n) is 16.7. The van der Waals surface area contributed by atoms with Gasteiger partial charge in [0.1, 0.15) is 18.7 Å². The molecule has 0 radical (unpaired) electrons. The molecule has 5 atom stereocenters. The lowest BCUT2D eigenvalue weighted by Crippen LogP contribution is -2.55. The van der Waals surface area contributed by atoms with Crippen molar-refractivity contribution in [2.75, 3.05) is 26.0 Å². The highest BCUT2D eigenvalue weighted by Gasteiger charge is 2.38. The van der Waals surface area contributed by atoms with Gasteiger partial charge in [-0.2, -0.15) is 0 Å². The highest BCUT2D eigenvalue weighted by molar-refractivity contribution is 8.77. The molecule has 1 saturated heterocycles. The molecular formula is C36H49N3O8S2. The van der Waals surface area contributed by atoms with Gasteiger partial charge < -0.3 is 35.3 Å². The molecule has 0 aromatic heterocycles. The van der Waals surface area contributed by atoms with Crippen LogP contribution < -0.4 is 16.0 Å². The van der Waals surface area contributed by atoms with Crippen molar-refractivity contribution in [3.8, 4) is 11.1 Å². The van der Waals surface area contributed by atoms with Crippen molar-refractivity contribution in [1.82, 2.24) is 16.0 Å². The summed E-state index contributed by atoms with van der Waals surface area (Å²) < 4.78 is 16.4. The Morgan fingerprint density at radius 1 is 0.959 bits per heavy atom. The lowest BCUT2D eigenvalue weighted by molar-refractivity contribution is -0.161. The number of carbonyl (C=O) groups is 4. The summed E-state index contributed by atoms with van der Waals surface area (Å²) in [5.74, 6) is -1.33. The number of methoxy groups -OCH3 is 1. The monoisotopic (exact) mass is 715 g/mol. The van der Waals surface area contributed by atoms with Gasteiger partial charge in [0, 0.05) is 23.0 Å². The molecule has 1 aliphatic heterocycles. The maximum Gasteiger partial charge on any atom is 0.407 e. The number of rotatable bonds is 14. The molecule has 49 heavy (non-hydrogen) atoms. The number of benzene rings is 2. The number of hydrogen-bond acceptors (Lipinski definition) is 10. The number of ether oxygens (including phenoxy) is 3. The van der Waals surface area contributed by atoms with Crippen molar-refractivity contribution in [3.63, 3.8) is 0 Å². The number of hydrogen-bond donors (Lipinski definition) is 4. The van der Waals surface area contributed by atoms with E-state index in [2.05, 4.69) is 48.9 Å². The lowest BCUT2D eigenvalue weighted by atomic mass is 9.98. The molecule has 1 aliphatic carbocycles. The summed E-state index contributed by atoms with van der Waals surface area (Å²) in [6, 6.07) is 14.4. The van der Waals surface area contributed by atoms with Crippen molar-refractivity contribution < 1.29 is 38.5 Å². The first-order valence-corrected chi connectivity index (χ1v) is 19.0. The summed E-state index contributed by atoms with van der Waals surface area (Å²) in [5, 5.41) is 18.8. The Labute approximate surface area is 296 Å². The number of aliphatic hydroxyl groups excluding tert-OH is 1. The van der Waals surface area contributed by atoms with Gasteiger partial charge in [-0.05, 0) is 47.4 Å². The van der Waals surface area contributed by atoms with Gasteiger partial charge >= 0.3 is 12.1 Å². The van der Waals surface area contributed by atoms with Gasteiger partial charge in [-0.1, -0.05) is 105 Å². The van der Waals surface area contributed by atoms with Crippen LogP contribution in [0.15, 0.2) is 48.5 Å². The fourth-order valence-electron chi connectivity index (χ4n) is 5.92. The summed E-state index contributed by atoms with van der Waals surface area (Å²) in [7, 11) is 4.33. The molecule has 2 aliphatic rings. The predicted molar refractivity (Wildman–Crippen MR) is 192 cm³/mol. The van der Waals surface area contributed by atoms with Crippen molar-refractivity contribution in [2.45, 2.75) is 94.9 Å². The molecule has 4 N–H and O–H groups in total. The number of alkyl carbamates (subject to hydrolysis) is 1. The number of aliphatic hydroxyl groups is 1. The quantitative estimate of drug-likeness (QED) is 0.159. The minimum atomic E-state index is -1.22. The van der Waals surface area contributed by atoms with Crippen LogP contribution in [0.5, 0.6) is 0 Å². The first kappa shape index (κ1) is 38.5. The Hall–Kier alpha value is -3.26. The van der Waals surface area contributed by atoms with E-state index in [1.54, 1.807) is 10.8 Å². The van der Waals surface area contributed by atoms with Crippen LogP contribution >= 0.6 is 21.6 Å². The third kappa shape index (κ3) is 10.9. The number of fused-ring (bicyclic) bond motifs is 3.